The quantitative estimate of drug-likeness (QED) is 0.354. The first-order valence-electron chi connectivity index (χ1n) is 9.36. The van der Waals surface area contributed by atoms with Crippen molar-refractivity contribution in [3.05, 3.63) is 69.6 Å². The van der Waals surface area contributed by atoms with Crippen molar-refractivity contribution in [3.63, 3.8) is 0 Å². The number of nitrogens with one attached hydrogen (secondary N) is 1. The topological polar surface area (TPSA) is 75.7 Å². The molecule has 1 heterocycles. The minimum atomic E-state index is -0.419. The summed E-state index contributed by atoms with van der Waals surface area (Å²) in [6.45, 7) is 0.358. The van der Waals surface area contributed by atoms with Gasteiger partial charge < -0.3 is 10.1 Å². The molecule has 1 aliphatic rings. The highest BCUT2D eigenvalue weighted by atomic mass is 35.5. The maximum Gasteiger partial charge on any atom is 0.337 e. The number of thiocarbonyl (C=S) groups is 1. The van der Waals surface area contributed by atoms with Crippen LogP contribution in [0.3, 0.4) is 0 Å². The number of benzene rings is 2. The lowest BCUT2D eigenvalue weighted by Gasteiger charge is -2.14. The van der Waals surface area contributed by atoms with Gasteiger partial charge in [0.25, 0.3) is 5.91 Å². The molecule has 31 heavy (non-hydrogen) atoms. The summed E-state index contributed by atoms with van der Waals surface area (Å²) in [6, 6.07) is 13.6. The molecule has 1 N–H and O–H groups in total. The Hall–Kier alpha value is -2.68. The minimum Gasteiger partial charge on any atom is -0.465 e. The molecule has 1 saturated heterocycles. The van der Waals surface area contributed by atoms with Crippen molar-refractivity contribution < 1.29 is 19.1 Å². The van der Waals surface area contributed by atoms with E-state index in [0.717, 1.165) is 5.56 Å². The second-order valence-electron chi connectivity index (χ2n) is 6.61. The van der Waals surface area contributed by atoms with Crippen molar-refractivity contribution in [2.75, 3.05) is 19.0 Å². The van der Waals surface area contributed by atoms with Gasteiger partial charge in [0, 0.05) is 23.7 Å². The van der Waals surface area contributed by atoms with Gasteiger partial charge in [0.05, 0.1) is 17.6 Å². The Morgan fingerprint density at radius 2 is 1.84 bits per heavy atom. The van der Waals surface area contributed by atoms with Crippen LogP contribution in [0.15, 0.2) is 53.4 Å². The Morgan fingerprint density at radius 3 is 2.48 bits per heavy atom. The Balaban J connectivity index is 1.53. The van der Waals surface area contributed by atoms with Crippen molar-refractivity contribution >= 4 is 69.4 Å². The van der Waals surface area contributed by atoms with E-state index in [1.54, 1.807) is 54.6 Å². The fraction of sp³-hybridized carbons (Fsp3) is 0.182. The Bertz CT molecular complexity index is 1040. The van der Waals surface area contributed by atoms with Crippen LogP contribution in [-0.4, -0.2) is 40.7 Å². The molecule has 0 atom stereocenters. The van der Waals surface area contributed by atoms with Crippen LogP contribution in [0.5, 0.6) is 0 Å². The summed E-state index contributed by atoms with van der Waals surface area (Å²) >= 11 is 12.4. The molecular weight excluding hydrogens is 456 g/mol. The smallest absolute Gasteiger partial charge is 0.337 e. The predicted molar refractivity (Wildman–Crippen MR) is 127 cm³/mol. The summed E-state index contributed by atoms with van der Waals surface area (Å²) in [6.07, 6.45) is 2.47. The van der Waals surface area contributed by atoms with E-state index in [2.05, 4.69) is 10.1 Å². The highest BCUT2D eigenvalue weighted by Crippen LogP contribution is 2.32. The molecule has 0 bridgehead atoms. The molecule has 6 nitrogen and oxygen atoms in total. The number of carbonyl (C=O) groups is 3. The number of nitrogens with zero attached hydrogens (tertiary/aromatic N) is 1. The first-order valence-corrected chi connectivity index (χ1v) is 11.0. The average Bonchev–Trinajstić information content (AvgIpc) is 3.02. The van der Waals surface area contributed by atoms with Crippen LogP contribution in [0.1, 0.15) is 28.8 Å². The molecule has 2 aromatic carbocycles. The van der Waals surface area contributed by atoms with Crippen LogP contribution in [0.2, 0.25) is 5.02 Å². The van der Waals surface area contributed by atoms with Gasteiger partial charge in [0.1, 0.15) is 4.32 Å². The van der Waals surface area contributed by atoms with Gasteiger partial charge in [-0.15, -0.1) is 0 Å². The van der Waals surface area contributed by atoms with Crippen LogP contribution in [0.4, 0.5) is 5.69 Å². The Kier molecular flexibility index (Phi) is 7.84. The summed E-state index contributed by atoms with van der Waals surface area (Å²) in [5, 5.41) is 3.39. The van der Waals surface area contributed by atoms with E-state index < -0.39 is 5.97 Å². The van der Waals surface area contributed by atoms with Gasteiger partial charge in [-0.25, -0.2) is 4.79 Å². The number of hydrogen-bond donors (Lipinski definition) is 1. The third kappa shape index (κ3) is 6.16. The van der Waals surface area contributed by atoms with E-state index in [0.29, 0.717) is 38.5 Å². The molecule has 0 aliphatic carbocycles. The average molecular weight is 475 g/mol. The highest BCUT2D eigenvalue weighted by molar-refractivity contribution is 8.26. The van der Waals surface area contributed by atoms with E-state index in [4.69, 9.17) is 23.8 Å². The standard InChI is InChI=1S/C22H19ClN2O4S2/c1-29-21(28)15-6-4-14(5-7-15)13-18-20(27)25(22(30)31-18)12-2-3-19(26)24-17-10-8-16(23)9-11-17/h4-11,13H,2-3,12H2,1H3,(H,24,26). The van der Waals surface area contributed by atoms with Crippen molar-refractivity contribution in [2.45, 2.75) is 12.8 Å². The van der Waals surface area contributed by atoms with Crippen LogP contribution in [0, 0.1) is 0 Å². The molecule has 1 fully saturated rings. The van der Waals surface area contributed by atoms with E-state index >= 15 is 0 Å². The van der Waals surface area contributed by atoms with Crippen molar-refractivity contribution in [3.8, 4) is 0 Å². The van der Waals surface area contributed by atoms with Gasteiger partial charge >= 0.3 is 5.97 Å². The van der Waals surface area contributed by atoms with Gasteiger partial charge in [-0.05, 0) is 54.5 Å². The number of anilines is 1. The summed E-state index contributed by atoms with van der Waals surface area (Å²) in [7, 11) is 1.32. The summed E-state index contributed by atoms with van der Waals surface area (Å²) in [5.74, 6) is -0.753. The molecule has 9 heteroatoms. The van der Waals surface area contributed by atoms with Crippen LogP contribution in [0.25, 0.3) is 6.08 Å². The second-order valence-corrected chi connectivity index (χ2v) is 8.72. The zero-order valence-electron chi connectivity index (χ0n) is 16.6. The van der Waals surface area contributed by atoms with Gasteiger partial charge in [-0.3, -0.25) is 14.5 Å². The number of hydrogen-bond acceptors (Lipinski definition) is 6. The first-order chi connectivity index (χ1) is 14.9. The molecule has 160 valence electrons. The number of ether oxygens (including phenoxy) is 1. The predicted octanol–water partition coefficient (Wildman–Crippen LogP) is 4.75. The zero-order valence-corrected chi connectivity index (χ0v) is 19.0. The maximum absolute atomic E-state index is 12.7. The summed E-state index contributed by atoms with van der Waals surface area (Å²) in [4.78, 5) is 38.3. The molecule has 3 rings (SSSR count). The monoisotopic (exact) mass is 474 g/mol. The SMILES string of the molecule is COC(=O)c1ccc(C=C2SC(=S)N(CCCC(=O)Nc3ccc(Cl)cc3)C2=O)cc1. The number of esters is 1. The Morgan fingerprint density at radius 1 is 1.16 bits per heavy atom. The molecule has 0 unspecified atom stereocenters. The second kappa shape index (κ2) is 10.6. The largest absolute Gasteiger partial charge is 0.465 e. The lowest BCUT2D eigenvalue weighted by atomic mass is 10.1. The van der Waals surface area contributed by atoms with Gasteiger partial charge in [0.15, 0.2) is 0 Å². The van der Waals surface area contributed by atoms with Crippen molar-refractivity contribution in [1.82, 2.24) is 4.90 Å². The highest BCUT2D eigenvalue weighted by Gasteiger charge is 2.31. The molecule has 1 aliphatic heterocycles. The fourth-order valence-corrected chi connectivity index (χ4v) is 4.27. The molecular formula is C22H19ClN2O4S2. The van der Waals surface area contributed by atoms with E-state index in [-0.39, 0.29) is 18.2 Å². The lowest BCUT2D eigenvalue weighted by molar-refractivity contribution is -0.122. The van der Waals surface area contributed by atoms with E-state index in [1.807, 2.05) is 0 Å². The minimum absolute atomic E-state index is 0.144. The van der Waals surface area contributed by atoms with Crippen LogP contribution >= 0.6 is 35.6 Å². The van der Waals surface area contributed by atoms with Gasteiger partial charge in [-0.2, -0.15) is 0 Å². The van der Waals surface area contributed by atoms with Crippen molar-refractivity contribution in [1.29, 1.82) is 0 Å². The fourth-order valence-electron chi connectivity index (χ4n) is 2.83. The molecule has 2 aromatic rings. The molecule has 0 saturated carbocycles. The molecule has 2 amide bonds. The van der Waals surface area contributed by atoms with E-state index in [9.17, 15) is 14.4 Å². The zero-order chi connectivity index (χ0) is 22.4. The number of methoxy groups -OCH3 is 1. The first kappa shape index (κ1) is 23.0. The lowest BCUT2D eigenvalue weighted by Crippen LogP contribution is -2.29. The van der Waals surface area contributed by atoms with Gasteiger partial charge in [-0.1, -0.05) is 47.7 Å². The third-order valence-electron chi connectivity index (χ3n) is 4.42. The molecule has 0 radical (unpaired) electrons. The normalized spacial score (nSPS) is 14.8. The van der Waals surface area contributed by atoms with Crippen molar-refractivity contribution in [2.24, 2.45) is 0 Å². The summed E-state index contributed by atoms with van der Waals surface area (Å²) < 4.78 is 5.14. The maximum atomic E-state index is 12.7. The number of thioether (sulfide) groups is 1. The number of halogens is 1. The molecule has 0 aromatic heterocycles. The van der Waals surface area contributed by atoms with Crippen LogP contribution < -0.4 is 5.32 Å². The van der Waals surface area contributed by atoms with Crippen LogP contribution in [-0.2, 0) is 14.3 Å². The number of rotatable bonds is 7. The number of carbonyl (C=O) groups excluding carboxylic acids is 3. The summed E-state index contributed by atoms with van der Waals surface area (Å²) in [5.41, 5.74) is 1.88. The van der Waals surface area contributed by atoms with Gasteiger partial charge in [0.2, 0.25) is 5.91 Å². The third-order valence-corrected chi connectivity index (χ3v) is 6.05. The van der Waals surface area contributed by atoms with E-state index in [1.165, 1.54) is 23.8 Å². The molecule has 0 spiro atoms. The number of amides is 2. The Labute approximate surface area is 194 Å².